The summed E-state index contributed by atoms with van der Waals surface area (Å²) in [5.41, 5.74) is 1.16. The Labute approximate surface area is 201 Å². The summed E-state index contributed by atoms with van der Waals surface area (Å²) in [4.78, 5) is 25.0. The van der Waals surface area contributed by atoms with Gasteiger partial charge in [-0.25, -0.2) is 0 Å². The Morgan fingerprint density at radius 3 is 2.33 bits per heavy atom. The van der Waals surface area contributed by atoms with Crippen molar-refractivity contribution in [1.82, 2.24) is 15.5 Å². The number of nitrogens with one attached hydrogen (secondary N) is 2. The number of ether oxygens (including phenoxy) is 1. The first-order valence-electron chi connectivity index (χ1n) is 11.0. The van der Waals surface area contributed by atoms with Gasteiger partial charge in [-0.15, -0.1) is 10.2 Å². The SMILES string of the molecule is O=C(NC1CCCCCC1)c1ccc(NC(=O)c2nnc(COc3ccc(Cl)cc3)s2)cc1. The average Bonchev–Trinajstić information content (AvgIpc) is 3.16. The second kappa shape index (κ2) is 11.2. The standard InChI is InChI=1S/C24H25ClN4O3S/c25-17-9-13-20(14-10-17)32-15-21-28-29-24(33-21)23(31)27-19-11-7-16(8-12-19)22(30)26-18-5-3-1-2-4-6-18/h7-14,18H,1-6,15H2,(H,26,30)(H,27,31). The monoisotopic (exact) mass is 484 g/mol. The zero-order chi connectivity index (χ0) is 23.0. The third-order valence-electron chi connectivity index (χ3n) is 5.43. The van der Waals surface area contributed by atoms with Crippen molar-refractivity contribution in [3.63, 3.8) is 0 Å². The van der Waals surface area contributed by atoms with Gasteiger partial charge in [-0.2, -0.15) is 0 Å². The van der Waals surface area contributed by atoms with Gasteiger partial charge in [0.15, 0.2) is 5.01 Å². The highest BCUT2D eigenvalue weighted by Gasteiger charge is 2.17. The number of rotatable bonds is 7. The Bertz CT molecular complexity index is 1080. The lowest BCUT2D eigenvalue weighted by atomic mass is 10.1. The molecule has 1 aromatic heterocycles. The van der Waals surface area contributed by atoms with Crippen molar-refractivity contribution in [2.45, 2.75) is 51.2 Å². The van der Waals surface area contributed by atoms with Crippen LogP contribution in [0.4, 0.5) is 5.69 Å². The summed E-state index contributed by atoms with van der Waals surface area (Å²) in [5, 5.41) is 15.3. The molecule has 7 nitrogen and oxygen atoms in total. The molecular weight excluding hydrogens is 460 g/mol. The molecule has 0 atom stereocenters. The van der Waals surface area contributed by atoms with E-state index in [9.17, 15) is 9.59 Å². The maximum atomic E-state index is 12.5. The van der Waals surface area contributed by atoms with Gasteiger partial charge in [-0.05, 0) is 61.4 Å². The first kappa shape index (κ1) is 23.2. The average molecular weight is 485 g/mol. The molecule has 2 aromatic carbocycles. The van der Waals surface area contributed by atoms with Crippen LogP contribution in [-0.2, 0) is 6.61 Å². The van der Waals surface area contributed by atoms with Crippen LogP contribution in [0, 0.1) is 0 Å². The van der Waals surface area contributed by atoms with Crippen LogP contribution < -0.4 is 15.4 Å². The van der Waals surface area contributed by atoms with Crippen molar-refractivity contribution in [1.29, 1.82) is 0 Å². The van der Waals surface area contributed by atoms with Crippen LogP contribution in [0.2, 0.25) is 5.02 Å². The van der Waals surface area contributed by atoms with Crippen molar-refractivity contribution in [2.75, 3.05) is 5.32 Å². The van der Waals surface area contributed by atoms with Gasteiger partial charge in [-0.1, -0.05) is 48.6 Å². The molecule has 0 radical (unpaired) electrons. The molecule has 4 rings (SSSR count). The lowest BCUT2D eigenvalue weighted by molar-refractivity contribution is 0.0933. The highest BCUT2D eigenvalue weighted by molar-refractivity contribution is 7.13. The van der Waals surface area contributed by atoms with E-state index < -0.39 is 0 Å². The maximum absolute atomic E-state index is 12.5. The highest BCUT2D eigenvalue weighted by atomic mass is 35.5. The third-order valence-corrected chi connectivity index (χ3v) is 6.58. The zero-order valence-electron chi connectivity index (χ0n) is 18.1. The summed E-state index contributed by atoms with van der Waals surface area (Å²) in [7, 11) is 0. The van der Waals surface area contributed by atoms with E-state index in [1.54, 1.807) is 48.5 Å². The fourth-order valence-corrected chi connectivity index (χ4v) is 4.44. The molecule has 0 unspecified atom stereocenters. The van der Waals surface area contributed by atoms with Crippen LogP contribution in [-0.4, -0.2) is 28.1 Å². The summed E-state index contributed by atoms with van der Waals surface area (Å²) in [6.45, 7) is 0.206. The number of anilines is 1. The van der Waals surface area contributed by atoms with E-state index in [-0.39, 0.29) is 29.5 Å². The van der Waals surface area contributed by atoms with Gasteiger partial charge < -0.3 is 15.4 Å². The quantitative estimate of drug-likeness (QED) is 0.433. The predicted octanol–water partition coefficient (Wildman–Crippen LogP) is 5.48. The molecule has 1 aliphatic rings. The lowest BCUT2D eigenvalue weighted by Crippen LogP contribution is -2.34. The first-order chi connectivity index (χ1) is 16.1. The Morgan fingerprint density at radius 1 is 0.939 bits per heavy atom. The lowest BCUT2D eigenvalue weighted by Gasteiger charge is -2.16. The molecule has 1 aliphatic carbocycles. The summed E-state index contributed by atoms with van der Waals surface area (Å²) < 4.78 is 5.63. The van der Waals surface area contributed by atoms with Crippen molar-refractivity contribution >= 4 is 40.4 Å². The van der Waals surface area contributed by atoms with E-state index in [4.69, 9.17) is 16.3 Å². The molecule has 0 saturated heterocycles. The van der Waals surface area contributed by atoms with Crippen LogP contribution in [0.1, 0.15) is 63.7 Å². The number of hydrogen-bond acceptors (Lipinski definition) is 6. The third kappa shape index (κ3) is 6.76. The smallest absolute Gasteiger partial charge is 0.286 e. The number of amides is 2. The van der Waals surface area contributed by atoms with E-state index in [0.29, 0.717) is 27.0 Å². The van der Waals surface area contributed by atoms with Gasteiger partial charge in [0.1, 0.15) is 12.4 Å². The predicted molar refractivity (Wildman–Crippen MR) is 129 cm³/mol. The van der Waals surface area contributed by atoms with Crippen LogP contribution in [0.25, 0.3) is 0 Å². The number of carbonyl (C=O) groups is 2. The van der Waals surface area contributed by atoms with Crippen LogP contribution in [0.5, 0.6) is 5.75 Å². The molecule has 2 amide bonds. The second-order valence-electron chi connectivity index (χ2n) is 7.94. The molecule has 33 heavy (non-hydrogen) atoms. The number of aromatic nitrogens is 2. The first-order valence-corrected chi connectivity index (χ1v) is 12.2. The molecule has 2 N–H and O–H groups in total. The van der Waals surface area contributed by atoms with Gasteiger partial charge in [0.05, 0.1) is 0 Å². The van der Waals surface area contributed by atoms with Crippen molar-refractivity contribution in [2.24, 2.45) is 0 Å². The minimum atomic E-state index is -0.360. The summed E-state index contributed by atoms with van der Waals surface area (Å²) in [5.74, 6) is 0.221. The van der Waals surface area contributed by atoms with Crippen LogP contribution in [0.3, 0.4) is 0 Å². The minimum Gasteiger partial charge on any atom is -0.486 e. The molecule has 1 heterocycles. The Kier molecular flexibility index (Phi) is 7.91. The maximum Gasteiger partial charge on any atom is 0.286 e. The molecule has 1 fully saturated rings. The fraction of sp³-hybridized carbons (Fsp3) is 0.333. The Balaban J connectivity index is 1.28. The number of hydrogen-bond donors (Lipinski definition) is 2. The molecule has 9 heteroatoms. The van der Waals surface area contributed by atoms with Crippen LogP contribution >= 0.6 is 22.9 Å². The Hall–Kier alpha value is -2.97. The van der Waals surface area contributed by atoms with E-state index >= 15 is 0 Å². The van der Waals surface area contributed by atoms with Gasteiger partial charge in [0, 0.05) is 22.3 Å². The molecular formula is C24H25ClN4O3S. The highest BCUT2D eigenvalue weighted by Crippen LogP contribution is 2.20. The molecule has 172 valence electrons. The minimum absolute atomic E-state index is 0.0748. The molecule has 0 spiro atoms. The number of halogens is 1. The van der Waals surface area contributed by atoms with E-state index in [0.717, 1.165) is 37.0 Å². The van der Waals surface area contributed by atoms with Gasteiger partial charge >= 0.3 is 0 Å². The molecule has 1 saturated carbocycles. The van der Waals surface area contributed by atoms with Crippen molar-refractivity contribution in [3.05, 3.63) is 69.1 Å². The fourth-order valence-electron chi connectivity index (χ4n) is 3.66. The molecule has 0 aliphatic heterocycles. The summed E-state index contributed by atoms with van der Waals surface area (Å²) in [6, 6.07) is 14.1. The number of carbonyl (C=O) groups excluding carboxylic acids is 2. The second-order valence-corrected chi connectivity index (χ2v) is 9.44. The van der Waals surface area contributed by atoms with E-state index in [1.165, 1.54) is 12.8 Å². The molecule has 3 aromatic rings. The van der Waals surface area contributed by atoms with Crippen molar-refractivity contribution in [3.8, 4) is 5.75 Å². The van der Waals surface area contributed by atoms with Crippen LogP contribution in [0.15, 0.2) is 48.5 Å². The van der Waals surface area contributed by atoms with Gasteiger partial charge in [0.2, 0.25) is 5.01 Å². The van der Waals surface area contributed by atoms with Crippen molar-refractivity contribution < 1.29 is 14.3 Å². The van der Waals surface area contributed by atoms with Gasteiger partial charge in [0.25, 0.3) is 11.8 Å². The van der Waals surface area contributed by atoms with E-state index in [2.05, 4.69) is 20.8 Å². The zero-order valence-corrected chi connectivity index (χ0v) is 19.6. The number of nitrogens with zero attached hydrogens (tertiary/aromatic N) is 2. The summed E-state index contributed by atoms with van der Waals surface area (Å²) in [6.07, 6.45) is 6.88. The number of benzene rings is 2. The molecule has 0 bridgehead atoms. The van der Waals surface area contributed by atoms with Gasteiger partial charge in [-0.3, -0.25) is 9.59 Å². The summed E-state index contributed by atoms with van der Waals surface area (Å²) >= 11 is 7.02. The van der Waals surface area contributed by atoms with E-state index in [1.807, 2.05) is 0 Å². The topological polar surface area (TPSA) is 93.2 Å². The largest absolute Gasteiger partial charge is 0.486 e. The normalized spacial score (nSPS) is 14.3. The Morgan fingerprint density at radius 2 is 1.64 bits per heavy atom.